The standard InChI is InChI=1S/C22H25NO5/c1-15(24)16-9-10-20(21(13-16)26-2)27-11-5-8-22(25)23-14-18-12-17-6-3-4-7-19(17)28-18/h3-4,6-7,9-10,13,18H,5,8,11-12,14H2,1-2H3,(H,23,25). The number of rotatable bonds is 9. The molecule has 1 aliphatic rings. The molecule has 1 N–H and O–H groups in total. The van der Waals surface area contributed by atoms with Crippen molar-refractivity contribution in [1.82, 2.24) is 5.32 Å². The zero-order valence-electron chi connectivity index (χ0n) is 16.2. The van der Waals surface area contributed by atoms with Gasteiger partial charge in [-0.1, -0.05) is 18.2 Å². The van der Waals surface area contributed by atoms with E-state index < -0.39 is 0 Å². The van der Waals surface area contributed by atoms with Crippen molar-refractivity contribution in [2.24, 2.45) is 0 Å². The summed E-state index contributed by atoms with van der Waals surface area (Å²) < 4.78 is 16.8. The van der Waals surface area contributed by atoms with E-state index in [4.69, 9.17) is 14.2 Å². The first-order chi connectivity index (χ1) is 13.6. The molecule has 0 saturated heterocycles. The average molecular weight is 383 g/mol. The highest BCUT2D eigenvalue weighted by molar-refractivity contribution is 5.94. The largest absolute Gasteiger partial charge is 0.493 e. The van der Waals surface area contributed by atoms with Gasteiger partial charge in [-0.05, 0) is 43.2 Å². The van der Waals surface area contributed by atoms with E-state index in [1.165, 1.54) is 19.6 Å². The van der Waals surface area contributed by atoms with Crippen molar-refractivity contribution >= 4 is 11.7 Å². The predicted octanol–water partition coefficient (Wildman–Crippen LogP) is 3.18. The van der Waals surface area contributed by atoms with Crippen LogP contribution in [0.1, 0.15) is 35.7 Å². The van der Waals surface area contributed by atoms with Crippen molar-refractivity contribution in [2.75, 3.05) is 20.3 Å². The van der Waals surface area contributed by atoms with E-state index in [2.05, 4.69) is 5.32 Å². The number of ether oxygens (including phenoxy) is 3. The Hall–Kier alpha value is -3.02. The molecule has 6 heteroatoms. The van der Waals surface area contributed by atoms with Crippen LogP contribution in [0.15, 0.2) is 42.5 Å². The first-order valence-corrected chi connectivity index (χ1v) is 9.40. The molecule has 1 aliphatic heterocycles. The minimum absolute atomic E-state index is 0.0124. The fourth-order valence-corrected chi connectivity index (χ4v) is 3.10. The van der Waals surface area contributed by atoms with Gasteiger partial charge in [-0.2, -0.15) is 0 Å². The number of amides is 1. The number of para-hydroxylation sites is 1. The Labute approximate surface area is 164 Å². The highest BCUT2D eigenvalue weighted by atomic mass is 16.5. The number of ketones is 1. The van der Waals surface area contributed by atoms with Crippen LogP contribution in [-0.2, 0) is 11.2 Å². The Morgan fingerprint density at radius 1 is 1.18 bits per heavy atom. The van der Waals surface area contributed by atoms with Crippen LogP contribution >= 0.6 is 0 Å². The predicted molar refractivity (Wildman–Crippen MR) is 105 cm³/mol. The molecule has 1 heterocycles. The minimum Gasteiger partial charge on any atom is -0.493 e. The third kappa shape index (κ3) is 5.03. The third-order valence-electron chi connectivity index (χ3n) is 4.62. The molecule has 1 amide bonds. The molecule has 0 saturated carbocycles. The van der Waals surface area contributed by atoms with Crippen LogP contribution in [0.3, 0.4) is 0 Å². The Bertz CT molecular complexity index is 824. The van der Waals surface area contributed by atoms with Gasteiger partial charge in [0, 0.05) is 18.4 Å². The van der Waals surface area contributed by atoms with Crippen LogP contribution in [-0.4, -0.2) is 38.1 Å². The fraction of sp³-hybridized carbons (Fsp3) is 0.364. The van der Waals surface area contributed by atoms with Crippen molar-refractivity contribution in [2.45, 2.75) is 32.3 Å². The number of benzene rings is 2. The first-order valence-electron chi connectivity index (χ1n) is 9.40. The number of hydrogen-bond acceptors (Lipinski definition) is 5. The number of carbonyl (C=O) groups excluding carboxylic acids is 2. The number of hydrogen-bond donors (Lipinski definition) is 1. The van der Waals surface area contributed by atoms with Crippen LogP contribution in [0.2, 0.25) is 0 Å². The van der Waals surface area contributed by atoms with E-state index in [0.29, 0.717) is 43.1 Å². The van der Waals surface area contributed by atoms with E-state index >= 15 is 0 Å². The van der Waals surface area contributed by atoms with Gasteiger partial charge in [0.25, 0.3) is 0 Å². The van der Waals surface area contributed by atoms with Crippen LogP contribution in [0.5, 0.6) is 17.2 Å². The van der Waals surface area contributed by atoms with Gasteiger partial charge in [0.05, 0.1) is 20.3 Å². The summed E-state index contributed by atoms with van der Waals surface area (Å²) in [5.74, 6) is 1.91. The molecule has 1 unspecified atom stereocenters. The summed E-state index contributed by atoms with van der Waals surface area (Å²) in [6.07, 6.45) is 1.75. The second-order valence-corrected chi connectivity index (χ2v) is 6.73. The van der Waals surface area contributed by atoms with Crippen LogP contribution in [0.25, 0.3) is 0 Å². The molecular weight excluding hydrogens is 358 g/mol. The molecule has 0 aromatic heterocycles. The SMILES string of the molecule is COc1cc(C(C)=O)ccc1OCCCC(=O)NCC1Cc2ccccc2O1. The lowest BCUT2D eigenvalue weighted by atomic mass is 10.1. The quantitative estimate of drug-likeness (QED) is 0.532. The van der Waals surface area contributed by atoms with Gasteiger partial charge in [0.1, 0.15) is 11.9 Å². The smallest absolute Gasteiger partial charge is 0.220 e. The Balaban J connectivity index is 1.36. The van der Waals surface area contributed by atoms with Crippen molar-refractivity contribution in [1.29, 1.82) is 0 Å². The molecule has 1 atom stereocenters. The lowest BCUT2D eigenvalue weighted by Gasteiger charge is -2.13. The molecule has 0 fully saturated rings. The molecule has 0 aliphatic carbocycles. The summed E-state index contributed by atoms with van der Waals surface area (Å²) in [7, 11) is 1.53. The number of methoxy groups -OCH3 is 1. The Kier molecular flexibility index (Phi) is 6.53. The van der Waals surface area contributed by atoms with Gasteiger partial charge in [-0.25, -0.2) is 0 Å². The molecule has 0 bridgehead atoms. The van der Waals surface area contributed by atoms with Gasteiger partial charge in [-0.15, -0.1) is 0 Å². The number of carbonyl (C=O) groups is 2. The lowest BCUT2D eigenvalue weighted by Crippen LogP contribution is -2.34. The number of nitrogens with one attached hydrogen (secondary N) is 1. The molecule has 6 nitrogen and oxygen atoms in total. The summed E-state index contributed by atoms with van der Waals surface area (Å²) in [4.78, 5) is 23.5. The molecule has 148 valence electrons. The second kappa shape index (κ2) is 9.26. The Morgan fingerprint density at radius 2 is 2.00 bits per heavy atom. The topological polar surface area (TPSA) is 73.9 Å². The van der Waals surface area contributed by atoms with Gasteiger partial charge in [0.15, 0.2) is 17.3 Å². The van der Waals surface area contributed by atoms with Crippen molar-refractivity contribution in [3.63, 3.8) is 0 Å². The van der Waals surface area contributed by atoms with E-state index in [0.717, 1.165) is 12.2 Å². The second-order valence-electron chi connectivity index (χ2n) is 6.73. The molecule has 3 rings (SSSR count). The normalized spacial score (nSPS) is 14.7. The summed E-state index contributed by atoms with van der Waals surface area (Å²) in [6, 6.07) is 13.0. The van der Waals surface area contributed by atoms with Crippen LogP contribution in [0.4, 0.5) is 0 Å². The monoisotopic (exact) mass is 383 g/mol. The molecule has 2 aromatic rings. The minimum atomic E-state index is -0.0316. The van der Waals surface area contributed by atoms with E-state index in [-0.39, 0.29) is 17.8 Å². The van der Waals surface area contributed by atoms with E-state index in [9.17, 15) is 9.59 Å². The van der Waals surface area contributed by atoms with Gasteiger partial charge in [-0.3, -0.25) is 9.59 Å². The molecule has 2 aromatic carbocycles. The lowest BCUT2D eigenvalue weighted by molar-refractivity contribution is -0.121. The molecule has 28 heavy (non-hydrogen) atoms. The van der Waals surface area contributed by atoms with Gasteiger partial charge in [0.2, 0.25) is 5.91 Å². The summed E-state index contributed by atoms with van der Waals surface area (Å²) in [5, 5.41) is 2.92. The summed E-state index contributed by atoms with van der Waals surface area (Å²) in [5.41, 5.74) is 1.75. The molecule has 0 spiro atoms. The average Bonchev–Trinajstić information content (AvgIpc) is 3.12. The van der Waals surface area contributed by atoms with Crippen LogP contribution in [0, 0.1) is 0 Å². The molecule has 0 radical (unpaired) electrons. The third-order valence-corrected chi connectivity index (χ3v) is 4.62. The van der Waals surface area contributed by atoms with Gasteiger partial charge >= 0.3 is 0 Å². The maximum Gasteiger partial charge on any atom is 0.220 e. The maximum absolute atomic E-state index is 12.0. The summed E-state index contributed by atoms with van der Waals surface area (Å²) in [6.45, 7) is 2.38. The van der Waals surface area contributed by atoms with E-state index in [1.807, 2.05) is 24.3 Å². The maximum atomic E-state index is 12.0. The summed E-state index contributed by atoms with van der Waals surface area (Å²) >= 11 is 0. The van der Waals surface area contributed by atoms with E-state index in [1.54, 1.807) is 18.2 Å². The highest BCUT2D eigenvalue weighted by Gasteiger charge is 2.22. The first kappa shape index (κ1) is 19.7. The Morgan fingerprint density at radius 3 is 2.75 bits per heavy atom. The zero-order chi connectivity index (χ0) is 19.9. The van der Waals surface area contributed by atoms with Crippen molar-refractivity contribution in [3.05, 3.63) is 53.6 Å². The van der Waals surface area contributed by atoms with Crippen molar-refractivity contribution < 1.29 is 23.8 Å². The number of fused-ring (bicyclic) bond motifs is 1. The fourth-order valence-electron chi connectivity index (χ4n) is 3.10. The van der Waals surface area contributed by atoms with Crippen LogP contribution < -0.4 is 19.5 Å². The van der Waals surface area contributed by atoms with Gasteiger partial charge < -0.3 is 19.5 Å². The zero-order valence-corrected chi connectivity index (χ0v) is 16.2. The molecular formula is C22H25NO5. The highest BCUT2D eigenvalue weighted by Crippen LogP contribution is 2.29. The van der Waals surface area contributed by atoms with Crippen molar-refractivity contribution in [3.8, 4) is 17.2 Å². The number of Topliss-reactive ketones (excluding diaryl/α,β-unsaturated/α-hetero) is 1.